The van der Waals surface area contributed by atoms with E-state index in [1.807, 2.05) is 0 Å². The van der Waals surface area contributed by atoms with Crippen LogP contribution in [-0.4, -0.2) is 37.6 Å². The Morgan fingerprint density at radius 2 is 2.09 bits per heavy atom. The number of hydrogen-bond acceptors (Lipinski definition) is 7. The van der Waals surface area contributed by atoms with Crippen LogP contribution in [0.25, 0.3) is 22.5 Å². The van der Waals surface area contributed by atoms with Gasteiger partial charge in [-0.3, -0.25) is 15.1 Å². The van der Waals surface area contributed by atoms with Crippen LogP contribution >= 0.6 is 0 Å². The number of rotatable bonds is 4. The lowest BCUT2D eigenvalue weighted by Crippen LogP contribution is -1.93. The maximum Gasteiger partial charge on any atom is 0.270 e. The molecule has 1 aromatic carbocycles. The molecule has 0 saturated heterocycles. The first-order chi connectivity index (χ1) is 10.7. The molecule has 0 amide bonds. The molecule has 2 heterocycles. The predicted molar refractivity (Wildman–Crippen MR) is 76.1 cm³/mol. The number of tetrazole rings is 1. The molecule has 22 heavy (non-hydrogen) atoms. The first-order valence-electron chi connectivity index (χ1n) is 6.20. The van der Waals surface area contributed by atoms with Gasteiger partial charge in [0.2, 0.25) is 5.82 Å². The van der Waals surface area contributed by atoms with Crippen LogP contribution in [0.4, 0.5) is 5.69 Å². The molecule has 110 valence electrons. The quantitative estimate of drug-likeness (QED) is 0.576. The van der Waals surface area contributed by atoms with Crippen LogP contribution in [0.1, 0.15) is 0 Å². The minimum atomic E-state index is -0.475. The molecule has 9 heteroatoms. The van der Waals surface area contributed by atoms with Gasteiger partial charge >= 0.3 is 0 Å². The lowest BCUT2D eigenvalue weighted by Gasteiger charge is -2.08. The topological polar surface area (TPSA) is 120 Å². The fourth-order valence-corrected chi connectivity index (χ4v) is 2.04. The van der Waals surface area contributed by atoms with Gasteiger partial charge in [0.05, 0.1) is 18.2 Å². The molecule has 3 aromatic rings. The average molecular weight is 298 g/mol. The van der Waals surface area contributed by atoms with Crippen molar-refractivity contribution in [3.8, 4) is 28.3 Å². The van der Waals surface area contributed by atoms with Crippen molar-refractivity contribution in [1.82, 2.24) is 25.6 Å². The van der Waals surface area contributed by atoms with E-state index < -0.39 is 4.92 Å². The van der Waals surface area contributed by atoms with E-state index in [2.05, 4.69) is 25.6 Å². The summed E-state index contributed by atoms with van der Waals surface area (Å²) in [6.07, 6.45) is 3.20. The largest absolute Gasteiger partial charge is 0.495 e. The van der Waals surface area contributed by atoms with E-state index in [1.165, 1.54) is 19.2 Å². The number of non-ortho nitro benzene ring substituents is 1. The molecule has 0 aliphatic carbocycles. The number of ether oxygens (including phenoxy) is 1. The predicted octanol–water partition coefficient (Wildman–Crippen LogP) is 1.85. The van der Waals surface area contributed by atoms with Crippen molar-refractivity contribution in [3.63, 3.8) is 0 Å². The first kappa shape index (κ1) is 13.6. The average Bonchev–Trinajstić information content (AvgIpc) is 3.08. The molecule has 0 radical (unpaired) electrons. The highest BCUT2D eigenvalue weighted by Crippen LogP contribution is 2.33. The third-order valence-electron chi connectivity index (χ3n) is 3.06. The molecule has 2 aromatic heterocycles. The monoisotopic (exact) mass is 298 g/mol. The summed E-state index contributed by atoms with van der Waals surface area (Å²) >= 11 is 0. The zero-order chi connectivity index (χ0) is 15.5. The van der Waals surface area contributed by atoms with Crippen LogP contribution in [-0.2, 0) is 0 Å². The van der Waals surface area contributed by atoms with Crippen molar-refractivity contribution in [2.45, 2.75) is 0 Å². The third kappa shape index (κ3) is 2.46. The van der Waals surface area contributed by atoms with E-state index in [9.17, 15) is 10.1 Å². The Morgan fingerprint density at radius 1 is 1.23 bits per heavy atom. The Balaban J connectivity index is 2.20. The number of benzene rings is 1. The fourth-order valence-electron chi connectivity index (χ4n) is 2.04. The maximum atomic E-state index is 11.0. The van der Waals surface area contributed by atoms with E-state index >= 15 is 0 Å². The summed E-state index contributed by atoms with van der Waals surface area (Å²) in [4.78, 5) is 14.6. The van der Waals surface area contributed by atoms with Crippen LogP contribution in [0.5, 0.6) is 5.75 Å². The van der Waals surface area contributed by atoms with Gasteiger partial charge in [0.1, 0.15) is 5.75 Å². The van der Waals surface area contributed by atoms with Gasteiger partial charge in [-0.25, -0.2) is 0 Å². The molecular formula is C13H10N6O3. The van der Waals surface area contributed by atoms with Crippen LogP contribution in [0.3, 0.4) is 0 Å². The Bertz CT molecular complexity index is 818. The molecular weight excluding hydrogens is 288 g/mol. The van der Waals surface area contributed by atoms with Gasteiger partial charge in [-0.1, -0.05) is 0 Å². The number of nitro benzene ring substituents is 1. The lowest BCUT2D eigenvalue weighted by molar-refractivity contribution is -0.384. The molecule has 9 nitrogen and oxygen atoms in total. The molecule has 1 N–H and O–H groups in total. The minimum Gasteiger partial charge on any atom is -0.495 e. The van der Waals surface area contributed by atoms with Crippen LogP contribution in [0.2, 0.25) is 0 Å². The highest BCUT2D eigenvalue weighted by molar-refractivity contribution is 5.82. The van der Waals surface area contributed by atoms with Crippen LogP contribution in [0.15, 0.2) is 36.7 Å². The highest BCUT2D eigenvalue weighted by Gasteiger charge is 2.17. The van der Waals surface area contributed by atoms with Crippen molar-refractivity contribution in [2.24, 2.45) is 0 Å². The molecule has 0 spiro atoms. The number of nitrogens with one attached hydrogen (secondary N) is 1. The second-order valence-electron chi connectivity index (χ2n) is 4.34. The minimum absolute atomic E-state index is 0.0561. The molecule has 0 fully saturated rings. The van der Waals surface area contributed by atoms with Crippen molar-refractivity contribution in [2.75, 3.05) is 7.11 Å². The standard InChI is InChI=1S/C13H10N6O3/c1-22-10-4-8(6-14-7-10)11-3-2-9(19(20)21)5-12(11)13-15-17-18-16-13/h2-7H,1H3,(H,15,16,17,18). The Labute approximate surface area is 124 Å². The molecule has 3 rings (SSSR count). The second kappa shape index (κ2) is 5.56. The number of aromatic nitrogens is 5. The van der Waals surface area contributed by atoms with E-state index in [0.29, 0.717) is 16.9 Å². The number of nitro groups is 1. The molecule has 0 aliphatic rings. The molecule has 0 saturated carbocycles. The van der Waals surface area contributed by atoms with Crippen molar-refractivity contribution in [1.29, 1.82) is 0 Å². The normalized spacial score (nSPS) is 10.4. The number of methoxy groups -OCH3 is 1. The number of hydrogen-bond donors (Lipinski definition) is 1. The van der Waals surface area contributed by atoms with Gasteiger partial charge in [-0.2, -0.15) is 5.21 Å². The third-order valence-corrected chi connectivity index (χ3v) is 3.06. The van der Waals surface area contributed by atoms with E-state index in [1.54, 1.807) is 24.5 Å². The Kier molecular flexibility index (Phi) is 3.44. The Morgan fingerprint density at radius 3 is 2.77 bits per heavy atom. The molecule has 0 atom stereocenters. The lowest BCUT2D eigenvalue weighted by atomic mass is 10.00. The van der Waals surface area contributed by atoms with Gasteiger partial charge in [-0.15, -0.1) is 10.2 Å². The summed E-state index contributed by atoms with van der Waals surface area (Å²) in [6, 6.07) is 6.22. The zero-order valence-electron chi connectivity index (χ0n) is 11.4. The zero-order valence-corrected chi connectivity index (χ0v) is 11.4. The van der Waals surface area contributed by atoms with Crippen LogP contribution in [0, 0.1) is 10.1 Å². The number of aromatic amines is 1. The summed E-state index contributed by atoms with van der Waals surface area (Å²) in [5.41, 5.74) is 1.85. The SMILES string of the molecule is COc1cncc(-c2ccc([N+](=O)[O-])cc2-c2nn[nH]n2)c1. The molecule has 0 aliphatic heterocycles. The van der Waals surface area contributed by atoms with Crippen LogP contribution < -0.4 is 4.74 Å². The van der Waals surface area contributed by atoms with Gasteiger partial charge in [0.15, 0.2) is 0 Å². The summed E-state index contributed by atoms with van der Waals surface area (Å²) in [7, 11) is 1.54. The van der Waals surface area contributed by atoms with Crippen molar-refractivity contribution < 1.29 is 9.66 Å². The fraction of sp³-hybridized carbons (Fsp3) is 0.0769. The van der Waals surface area contributed by atoms with E-state index in [4.69, 9.17) is 4.74 Å². The van der Waals surface area contributed by atoms with E-state index in [-0.39, 0.29) is 11.5 Å². The summed E-state index contributed by atoms with van der Waals surface area (Å²) in [5.74, 6) is 0.844. The maximum absolute atomic E-state index is 11.0. The number of nitrogens with zero attached hydrogens (tertiary/aromatic N) is 5. The molecule has 0 unspecified atom stereocenters. The van der Waals surface area contributed by atoms with Crippen molar-refractivity contribution >= 4 is 5.69 Å². The Hall–Kier alpha value is -3.36. The second-order valence-corrected chi connectivity index (χ2v) is 4.34. The summed E-state index contributed by atoms with van der Waals surface area (Å²) < 4.78 is 5.15. The summed E-state index contributed by atoms with van der Waals surface area (Å²) in [5, 5.41) is 24.6. The first-order valence-corrected chi connectivity index (χ1v) is 6.20. The van der Waals surface area contributed by atoms with Crippen molar-refractivity contribution in [3.05, 3.63) is 46.8 Å². The molecule has 0 bridgehead atoms. The van der Waals surface area contributed by atoms with Gasteiger partial charge < -0.3 is 4.74 Å². The van der Waals surface area contributed by atoms with E-state index in [0.717, 1.165) is 5.56 Å². The number of H-pyrrole nitrogens is 1. The summed E-state index contributed by atoms with van der Waals surface area (Å²) in [6.45, 7) is 0. The highest BCUT2D eigenvalue weighted by atomic mass is 16.6. The number of pyridine rings is 1. The van der Waals surface area contributed by atoms with Gasteiger partial charge in [-0.05, 0) is 22.9 Å². The van der Waals surface area contributed by atoms with Gasteiger partial charge in [0, 0.05) is 29.5 Å². The van der Waals surface area contributed by atoms with Gasteiger partial charge in [0.25, 0.3) is 5.69 Å². The smallest absolute Gasteiger partial charge is 0.270 e.